The fraction of sp³-hybridized carbons (Fsp3) is 0.467. The molecule has 0 fully saturated rings. The van der Waals surface area contributed by atoms with E-state index in [9.17, 15) is 9.59 Å². The van der Waals surface area contributed by atoms with Crippen LogP contribution in [0.25, 0.3) is 0 Å². The molecule has 0 saturated carbocycles. The smallest absolute Gasteiger partial charge is 0.217 e. The van der Waals surface area contributed by atoms with Crippen LogP contribution in [0.5, 0.6) is 5.75 Å². The Morgan fingerprint density at radius 3 is 2.05 bits per heavy atom. The summed E-state index contributed by atoms with van der Waals surface area (Å²) < 4.78 is 15.1. The summed E-state index contributed by atoms with van der Waals surface area (Å²) in [5.74, 6) is 0.0160. The second kappa shape index (κ2) is 7.77. The third-order valence-corrected chi connectivity index (χ3v) is 2.57. The highest BCUT2D eigenvalue weighted by molar-refractivity contribution is 6.08. The lowest BCUT2D eigenvalue weighted by Crippen LogP contribution is -2.27. The molecule has 0 amide bonds. The molecule has 5 nitrogen and oxygen atoms in total. The largest absolute Gasteiger partial charge is 0.491 e. The van der Waals surface area contributed by atoms with Crippen LogP contribution in [0.1, 0.15) is 30.6 Å². The Balaban J connectivity index is 2.66. The maximum atomic E-state index is 12.0. The van der Waals surface area contributed by atoms with Gasteiger partial charge in [-0.05, 0) is 38.1 Å². The number of ketones is 2. The Kier molecular flexibility index (Phi) is 6.35. The molecule has 1 aromatic rings. The van der Waals surface area contributed by atoms with Gasteiger partial charge in [0, 0.05) is 19.8 Å². The number of hydrogen-bond acceptors (Lipinski definition) is 5. The van der Waals surface area contributed by atoms with Crippen LogP contribution in [0.15, 0.2) is 24.3 Å². The molecule has 110 valence electrons. The van der Waals surface area contributed by atoms with Crippen molar-refractivity contribution in [2.24, 2.45) is 0 Å². The highest BCUT2D eigenvalue weighted by Gasteiger charge is 2.20. The highest BCUT2D eigenvalue weighted by atomic mass is 16.7. The van der Waals surface area contributed by atoms with Crippen LogP contribution in [-0.2, 0) is 14.3 Å². The summed E-state index contributed by atoms with van der Waals surface area (Å²) in [5.41, 5.74) is 0.459. The summed E-state index contributed by atoms with van der Waals surface area (Å²) in [6.45, 7) is 3.85. The molecular weight excluding hydrogens is 260 g/mol. The summed E-state index contributed by atoms with van der Waals surface area (Å²) >= 11 is 0. The Labute approximate surface area is 118 Å². The van der Waals surface area contributed by atoms with E-state index in [1.807, 2.05) is 13.8 Å². The topological polar surface area (TPSA) is 61.8 Å². The maximum absolute atomic E-state index is 12.0. The number of rotatable bonds is 8. The Bertz CT molecular complexity index is 446. The van der Waals surface area contributed by atoms with Gasteiger partial charge in [0.25, 0.3) is 0 Å². The van der Waals surface area contributed by atoms with Gasteiger partial charge in [-0.15, -0.1) is 0 Å². The first-order valence-corrected chi connectivity index (χ1v) is 6.36. The first kappa shape index (κ1) is 16.3. The molecule has 0 radical (unpaired) electrons. The van der Waals surface area contributed by atoms with Crippen molar-refractivity contribution in [3.63, 3.8) is 0 Å². The van der Waals surface area contributed by atoms with Crippen molar-refractivity contribution in [3.8, 4) is 5.75 Å². The Morgan fingerprint density at radius 2 is 1.60 bits per heavy atom. The minimum absolute atomic E-state index is 0.0716. The molecule has 0 atom stereocenters. The highest BCUT2D eigenvalue weighted by Crippen LogP contribution is 2.15. The summed E-state index contributed by atoms with van der Waals surface area (Å²) in [6, 6.07) is 6.70. The SMILES string of the molecule is COC(OC)C(=O)CC(=O)c1ccc(OC(C)C)cc1. The Morgan fingerprint density at radius 1 is 1.05 bits per heavy atom. The standard InChI is InChI=1S/C15H20O5/c1-10(2)20-12-7-5-11(6-8-12)13(16)9-14(17)15(18-3)19-4/h5-8,10,15H,9H2,1-4H3. The van der Waals surface area contributed by atoms with Crippen LogP contribution in [0.3, 0.4) is 0 Å². The second-order valence-electron chi connectivity index (χ2n) is 4.56. The fourth-order valence-corrected chi connectivity index (χ4v) is 1.69. The average molecular weight is 280 g/mol. The minimum Gasteiger partial charge on any atom is -0.491 e. The summed E-state index contributed by atoms with van der Waals surface area (Å²) in [6.07, 6.45) is -1.18. The van der Waals surface area contributed by atoms with Crippen molar-refractivity contribution in [2.45, 2.75) is 32.7 Å². The van der Waals surface area contributed by atoms with Gasteiger partial charge in [0.05, 0.1) is 12.5 Å². The van der Waals surface area contributed by atoms with E-state index in [1.54, 1.807) is 24.3 Å². The van der Waals surface area contributed by atoms with Crippen LogP contribution in [0.4, 0.5) is 0 Å². The van der Waals surface area contributed by atoms with Gasteiger partial charge in [0.2, 0.25) is 6.29 Å². The molecule has 5 heteroatoms. The normalized spacial score (nSPS) is 10.9. The molecule has 0 aliphatic rings. The van der Waals surface area contributed by atoms with E-state index in [2.05, 4.69) is 0 Å². The van der Waals surface area contributed by atoms with E-state index in [-0.39, 0.29) is 18.3 Å². The monoisotopic (exact) mass is 280 g/mol. The molecule has 0 spiro atoms. The third kappa shape index (κ3) is 4.75. The molecule has 1 aromatic carbocycles. The number of hydrogen-bond donors (Lipinski definition) is 0. The van der Waals surface area contributed by atoms with Gasteiger partial charge in [-0.1, -0.05) is 0 Å². The number of methoxy groups -OCH3 is 2. The van der Waals surface area contributed by atoms with Gasteiger partial charge in [-0.2, -0.15) is 0 Å². The van der Waals surface area contributed by atoms with Gasteiger partial charge in [-0.3, -0.25) is 9.59 Å². The maximum Gasteiger partial charge on any atom is 0.217 e. The number of carbonyl (C=O) groups excluding carboxylic acids is 2. The zero-order valence-electron chi connectivity index (χ0n) is 12.2. The molecule has 0 saturated heterocycles. The summed E-state index contributed by atoms with van der Waals surface area (Å²) in [4.78, 5) is 23.7. The number of benzene rings is 1. The fourth-order valence-electron chi connectivity index (χ4n) is 1.69. The molecule has 0 unspecified atom stereocenters. The third-order valence-electron chi connectivity index (χ3n) is 2.57. The predicted octanol–water partition coefficient (Wildman–Crippen LogP) is 2.23. The Hall–Kier alpha value is -1.72. The van der Waals surface area contributed by atoms with E-state index in [1.165, 1.54) is 14.2 Å². The van der Waals surface area contributed by atoms with Crippen molar-refractivity contribution in [2.75, 3.05) is 14.2 Å². The molecule has 0 aliphatic heterocycles. The van der Waals surface area contributed by atoms with Crippen LogP contribution in [0, 0.1) is 0 Å². The van der Waals surface area contributed by atoms with Crippen molar-refractivity contribution < 1.29 is 23.8 Å². The quantitative estimate of drug-likeness (QED) is 0.415. The molecule has 0 bridgehead atoms. The molecule has 0 N–H and O–H groups in total. The van der Waals surface area contributed by atoms with Crippen molar-refractivity contribution in [3.05, 3.63) is 29.8 Å². The lowest BCUT2D eigenvalue weighted by atomic mass is 10.1. The first-order chi connectivity index (χ1) is 9.47. The average Bonchev–Trinajstić information content (AvgIpc) is 2.40. The van der Waals surface area contributed by atoms with E-state index < -0.39 is 12.1 Å². The first-order valence-electron chi connectivity index (χ1n) is 6.36. The van der Waals surface area contributed by atoms with Crippen molar-refractivity contribution >= 4 is 11.6 Å². The van der Waals surface area contributed by atoms with Crippen molar-refractivity contribution in [1.82, 2.24) is 0 Å². The van der Waals surface area contributed by atoms with E-state index in [0.29, 0.717) is 11.3 Å². The summed E-state index contributed by atoms with van der Waals surface area (Å²) in [5, 5.41) is 0. The van der Waals surface area contributed by atoms with Gasteiger partial charge in [-0.25, -0.2) is 0 Å². The summed E-state index contributed by atoms with van der Waals surface area (Å²) in [7, 11) is 2.71. The lowest BCUT2D eigenvalue weighted by Gasteiger charge is -2.12. The van der Waals surface area contributed by atoms with Gasteiger partial charge in [0.15, 0.2) is 11.6 Å². The van der Waals surface area contributed by atoms with E-state index >= 15 is 0 Å². The van der Waals surface area contributed by atoms with Crippen LogP contribution in [0.2, 0.25) is 0 Å². The van der Waals surface area contributed by atoms with Crippen molar-refractivity contribution in [1.29, 1.82) is 0 Å². The molecule has 0 heterocycles. The van der Waals surface area contributed by atoms with Crippen LogP contribution in [-0.4, -0.2) is 38.2 Å². The zero-order chi connectivity index (χ0) is 15.1. The molecule has 20 heavy (non-hydrogen) atoms. The predicted molar refractivity (Wildman–Crippen MR) is 74.0 cm³/mol. The molecular formula is C15H20O5. The van der Waals surface area contributed by atoms with Crippen LogP contribution >= 0.6 is 0 Å². The number of Topliss-reactive ketones (excluding diaryl/α,β-unsaturated/α-hetero) is 2. The number of carbonyl (C=O) groups is 2. The minimum atomic E-state index is -0.998. The van der Waals surface area contributed by atoms with E-state index in [4.69, 9.17) is 14.2 Å². The van der Waals surface area contributed by atoms with Gasteiger partial charge >= 0.3 is 0 Å². The number of ether oxygens (including phenoxy) is 3. The molecule has 1 rings (SSSR count). The second-order valence-corrected chi connectivity index (χ2v) is 4.56. The zero-order valence-corrected chi connectivity index (χ0v) is 12.2. The molecule has 0 aromatic heterocycles. The molecule has 0 aliphatic carbocycles. The van der Waals surface area contributed by atoms with Gasteiger partial charge in [0.1, 0.15) is 5.75 Å². The van der Waals surface area contributed by atoms with E-state index in [0.717, 1.165) is 0 Å². The van der Waals surface area contributed by atoms with Gasteiger partial charge < -0.3 is 14.2 Å². The lowest BCUT2D eigenvalue weighted by molar-refractivity contribution is -0.155. The van der Waals surface area contributed by atoms with Crippen LogP contribution < -0.4 is 4.74 Å².